The average molecular weight is 283 g/mol. The molecular formula is C15H22FNO3. The van der Waals surface area contributed by atoms with Crippen molar-refractivity contribution >= 4 is 0 Å². The zero-order chi connectivity index (χ0) is 14.2. The summed E-state index contributed by atoms with van der Waals surface area (Å²) in [5.41, 5.74) is 0.819. The summed E-state index contributed by atoms with van der Waals surface area (Å²) in [4.78, 5) is 0. The summed E-state index contributed by atoms with van der Waals surface area (Å²) >= 11 is 0. The maximum atomic E-state index is 13.9. The van der Waals surface area contributed by atoms with Crippen molar-refractivity contribution in [2.24, 2.45) is 0 Å². The van der Waals surface area contributed by atoms with Crippen molar-refractivity contribution in [1.29, 1.82) is 0 Å². The van der Waals surface area contributed by atoms with E-state index in [9.17, 15) is 4.39 Å². The Bertz CT molecular complexity index is 408. The standard InChI is InChI=1S/C15H22FNO3/c1-18-9-7-17-10-12-4-2-6-14(16)15(12)20-11-13-5-3-8-19-13/h2,4,6,13,17H,3,5,7-11H2,1H3. The van der Waals surface area contributed by atoms with Gasteiger partial charge in [-0.25, -0.2) is 4.39 Å². The molecule has 0 radical (unpaired) electrons. The Balaban J connectivity index is 1.90. The second-order valence-electron chi connectivity index (χ2n) is 4.84. The van der Waals surface area contributed by atoms with Crippen LogP contribution in [0.25, 0.3) is 0 Å². The van der Waals surface area contributed by atoms with Crippen LogP contribution in [-0.2, 0) is 16.0 Å². The van der Waals surface area contributed by atoms with E-state index in [4.69, 9.17) is 14.2 Å². The molecule has 1 aliphatic rings. The molecule has 0 saturated carbocycles. The number of nitrogens with one attached hydrogen (secondary N) is 1. The largest absolute Gasteiger partial charge is 0.487 e. The Hall–Kier alpha value is -1.17. The molecule has 1 N–H and O–H groups in total. The number of ether oxygens (including phenoxy) is 3. The normalized spacial score (nSPS) is 18.4. The van der Waals surface area contributed by atoms with E-state index in [1.54, 1.807) is 13.2 Å². The first kappa shape index (κ1) is 15.2. The Kier molecular flexibility index (Phi) is 6.24. The van der Waals surface area contributed by atoms with E-state index in [-0.39, 0.29) is 11.9 Å². The van der Waals surface area contributed by atoms with Gasteiger partial charge in [-0.2, -0.15) is 0 Å². The van der Waals surface area contributed by atoms with Crippen LogP contribution in [0, 0.1) is 5.82 Å². The summed E-state index contributed by atoms with van der Waals surface area (Å²) < 4.78 is 30.0. The van der Waals surface area contributed by atoms with Gasteiger partial charge in [0.25, 0.3) is 0 Å². The quantitative estimate of drug-likeness (QED) is 0.742. The molecule has 1 saturated heterocycles. The van der Waals surface area contributed by atoms with Gasteiger partial charge in [0.05, 0.1) is 12.7 Å². The number of halogens is 1. The fraction of sp³-hybridized carbons (Fsp3) is 0.600. The number of para-hydroxylation sites is 1. The molecule has 2 rings (SSSR count). The molecule has 0 aliphatic carbocycles. The first-order valence-electron chi connectivity index (χ1n) is 7.02. The van der Waals surface area contributed by atoms with Crippen LogP contribution in [0.3, 0.4) is 0 Å². The molecule has 0 bridgehead atoms. The predicted molar refractivity (Wildman–Crippen MR) is 74.5 cm³/mol. The second-order valence-corrected chi connectivity index (χ2v) is 4.84. The van der Waals surface area contributed by atoms with Gasteiger partial charge in [0.15, 0.2) is 11.6 Å². The topological polar surface area (TPSA) is 39.7 Å². The first-order chi connectivity index (χ1) is 9.81. The van der Waals surface area contributed by atoms with E-state index in [0.717, 1.165) is 31.6 Å². The number of hydrogen-bond donors (Lipinski definition) is 1. The highest BCUT2D eigenvalue weighted by Crippen LogP contribution is 2.24. The lowest BCUT2D eigenvalue weighted by Gasteiger charge is -2.15. The summed E-state index contributed by atoms with van der Waals surface area (Å²) in [5, 5.41) is 3.20. The van der Waals surface area contributed by atoms with Crippen molar-refractivity contribution in [2.45, 2.75) is 25.5 Å². The summed E-state index contributed by atoms with van der Waals surface area (Å²) in [5.74, 6) is 0.00181. The predicted octanol–water partition coefficient (Wildman–Crippen LogP) is 2.12. The third kappa shape index (κ3) is 4.44. The number of hydrogen-bond acceptors (Lipinski definition) is 4. The highest BCUT2D eigenvalue weighted by atomic mass is 19.1. The molecular weight excluding hydrogens is 261 g/mol. The van der Waals surface area contributed by atoms with Crippen molar-refractivity contribution in [2.75, 3.05) is 33.5 Å². The average Bonchev–Trinajstić information content (AvgIpc) is 2.96. The van der Waals surface area contributed by atoms with E-state index in [0.29, 0.717) is 25.5 Å². The number of rotatable bonds is 8. The van der Waals surface area contributed by atoms with Crippen LogP contribution >= 0.6 is 0 Å². The van der Waals surface area contributed by atoms with Gasteiger partial charge in [-0.15, -0.1) is 0 Å². The van der Waals surface area contributed by atoms with Gasteiger partial charge in [-0.3, -0.25) is 0 Å². The Labute approximate surface area is 119 Å². The van der Waals surface area contributed by atoms with Crippen molar-refractivity contribution in [3.05, 3.63) is 29.6 Å². The fourth-order valence-electron chi connectivity index (χ4n) is 2.20. The minimum Gasteiger partial charge on any atom is -0.487 e. The van der Waals surface area contributed by atoms with Gasteiger partial charge in [-0.1, -0.05) is 12.1 Å². The fourth-order valence-corrected chi connectivity index (χ4v) is 2.20. The molecule has 1 aromatic rings. The second kappa shape index (κ2) is 8.19. The van der Waals surface area contributed by atoms with Gasteiger partial charge in [0, 0.05) is 32.4 Å². The summed E-state index contributed by atoms with van der Waals surface area (Å²) in [6, 6.07) is 4.98. The summed E-state index contributed by atoms with van der Waals surface area (Å²) in [6.45, 7) is 3.09. The molecule has 1 aromatic carbocycles. The van der Waals surface area contributed by atoms with Gasteiger partial charge in [-0.05, 0) is 18.9 Å². The number of methoxy groups -OCH3 is 1. The molecule has 0 spiro atoms. The van der Waals surface area contributed by atoms with E-state index >= 15 is 0 Å². The molecule has 1 fully saturated rings. The van der Waals surface area contributed by atoms with Crippen molar-refractivity contribution < 1.29 is 18.6 Å². The Morgan fingerprint density at radius 2 is 2.35 bits per heavy atom. The molecule has 5 heteroatoms. The van der Waals surface area contributed by atoms with Gasteiger partial charge in [0.1, 0.15) is 6.61 Å². The Morgan fingerprint density at radius 3 is 3.10 bits per heavy atom. The van der Waals surface area contributed by atoms with E-state index in [2.05, 4.69) is 5.32 Å². The molecule has 1 aliphatic heterocycles. The maximum absolute atomic E-state index is 13.9. The van der Waals surface area contributed by atoms with E-state index in [1.165, 1.54) is 6.07 Å². The van der Waals surface area contributed by atoms with Gasteiger partial charge < -0.3 is 19.5 Å². The summed E-state index contributed by atoms with van der Waals surface area (Å²) in [6.07, 6.45) is 2.12. The van der Waals surface area contributed by atoms with Crippen LogP contribution in [0.1, 0.15) is 18.4 Å². The molecule has 1 unspecified atom stereocenters. The van der Waals surface area contributed by atoms with E-state index < -0.39 is 0 Å². The lowest BCUT2D eigenvalue weighted by molar-refractivity contribution is 0.0661. The molecule has 1 heterocycles. The van der Waals surface area contributed by atoms with Crippen molar-refractivity contribution in [3.63, 3.8) is 0 Å². The molecule has 1 atom stereocenters. The molecule has 20 heavy (non-hydrogen) atoms. The lowest BCUT2D eigenvalue weighted by Crippen LogP contribution is -2.21. The SMILES string of the molecule is COCCNCc1cccc(F)c1OCC1CCCO1. The van der Waals surface area contributed by atoms with Crippen LogP contribution in [0.4, 0.5) is 4.39 Å². The van der Waals surface area contributed by atoms with Crippen molar-refractivity contribution in [3.8, 4) is 5.75 Å². The van der Waals surface area contributed by atoms with Crippen LogP contribution in [0.2, 0.25) is 0 Å². The highest BCUT2D eigenvalue weighted by Gasteiger charge is 2.18. The third-order valence-electron chi connectivity index (χ3n) is 3.28. The zero-order valence-electron chi connectivity index (χ0n) is 11.9. The monoisotopic (exact) mass is 283 g/mol. The third-order valence-corrected chi connectivity index (χ3v) is 3.28. The zero-order valence-corrected chi connectivity index (χ0v) is 11.9. The summed E-state index contributed by atoms with van der Waals surface area (Å²) in [7, 11) is 1.65. The van der Waals surface area contributed by atoms with Crippen molar-refractivity contribution in [1.82, 2.24) is 5.32 Å². The molecule has 0 aromatic heterocycles. The molecule has 0 amide bonds. The number of benzene rings is 1. The smallest absolute Gasteiger partial charge is 0.165 e. The molecule has 112 valence electrons. The first-order valence-corrected chi connectivity index (χ1v) is 7.02. The minimum atomic E-state index is -0.325. The van der Waals surface area contributed by atoms with Crippen LogP contribution < -0.4 is 10.1 Å². The van der Waals surface area contributed by atoms with E-state index in [1.807, 2.05) is 6.07 Å². The minimum absolute atomic E-state index is 0.0870. The Morgan fingerprint density at radius 1 is 1.45 bits per heavy atom. The van der Waals surface area contributed by atoms with Crippen LogP contribution in [0.5, 0.6) is 5.75 Å². The highest BCUT2D eigenvalue weighted by molar-refractivity contribution is 5.35. The van der Waals surface area contributed by atoms with Crippen LogP contribution in [-0.4, -0.2) is 39.6 Å². The lowest BCUT2D eigenvalue weighted by atomic mass is 10.2. The van der Waals surface area contributed by atoms with Gasteiger partial charge >= 0.3 is 0 Å². The maximum Gasteiger partial charge on any atom is 0.165 e. The van der Waals surface area contributed by atoms with Crippen LogP contribution in [0.15, 0.2) is 18.2 Å². The van der Waals surface area contributed by atoms with Gasteiger partial charge in [0.2, 0.25) is 0 Å². The molecule has 4 nitrogen and oxygen atoms in total.